The molecule has 0 bridgehead atoms. The Hall–Kier alpha value is -5.91. The molecule has 0 saturated heterocycles. The lowest BCUT2D eigenvalue weighted by molar-refractivity contribution is 0.0401. The zero-order chi connectivity index (χ0) is 34.3. The van der Waals surface area contributed by atoms with Gasteiger partial charge in [-0.15, -0.1) is 0 Å². The number of rotatable bonds is 13. The van der Waals surface area contributed by atoms with Gasteiger partial charge < -0.3 is 33.7 Å². The molecule has 48 heavy (non-hydrogen) atoms. The van der Waals surface area contributed by atoms with E-state index in [1.807, 2.05) is 66.7 Å². The maximum Gasteiger partial charge on any atom is 0.429 e. The van der Waals surface area contributed by atoms with Crippen molar-refractivity contribution in [3.63, 3.8) is 0 Å². The van der Waals surface area contributed by atoms with Gasteiger partial charge in [-0.1, -0.05) is 91.0 Å². The Morgan fingerprint density at radius 3 is 1.50 bits per heavy atom. The van der Waals surface area contributed by atoms with E-state index in [9.17, 15) is 14.4 Å². The van der Waals surface area contributed by atoms with E-state index in [0.717, 1.165) is 21.7 Å². The number of methoxy groups -OCH3 is 3. The minimum atomic E-state index is -1.09. The molecule has 0 aromatic heterocycles. The van der Waals surface area contributed by atoms with Crippen molar-refractivity contribution in [2.75, 3.05) is 21.3 Å². The molecule has 0 saturated carbocycles. The van der Waals surface area contributed by atoms with Crippen LogP contribution in [0, 0.1) is 0 Å². The van der Waals surface area contributed by atoms with E-state index in [1.54, 1.807) is 43.3 Å². The number of amides is 3. The van der Waals surface area contributed by atoms with Gasteiger partial charge in [-0.2, -0.15) is 0 Å². The average molecular weight is 658 g/mol. The highest BCUT2D eigenvalue weighted by Gasteiger charge is 2.37. The van der Waals surface area contributed by atoms with Crippen molar-refractivity contribution >= 4 is 18.3 Å². The van der Waals surface area contributed by atoms with Gasteiger partial charge in [-0.3, -0.25) is 0 Å². The van der Waals surface area contributed by atoms with Gasteiger partial charge in [0, 0.05) is 12.1 Å². The summed E-state index contributed by atoms with van der Waals surface area (Å²) in [7, 11) is 4.37. The molecule has 12 heteroatoms. The fourth-order valence-electron chi connectivity index (χ4n) is 4.77. The van der Waals surface area contributed by atoms with E-state index in [4.69, 9.17) is 28.4 Å². The molecule has 2 atom stereocenters. The predicted molar refractivity (Wildman–Crippen MR) is 176 cm³/mol. The number of benzene rings is 4. The number of alkyl carbamates (subject to hydrolysis) is 1. The monoisotopic (exact) mass is 657 g/mol. The highest BCUT2D eigenvalue weighted by Crippen LogP contribution is 2.40. The second-order valence-corrected chi connectivity index (χ2v) is 10.5. The molecule has 0 aliphatic rings. The number of nitrogens with zero attached hydrogens (tertiary/aromatic N) is 1. The molecular weight excluding hydrogens is 618 g/mol. The number of hydrogen-bond acceptors (Lipinski definition) is 9. The second-order valence-electron chi connectivity index (χ2n) is 10.5. The van der Waals surface area contributed by atoms with E-state index < -0.39 is 30.4 Å². The molecule has 0 heterocycles. The molecule has 4 rings (SSSR count). The maximum atomic E-state index is 13.7. The Balaban J connectivity index is 1.67. The summed E-state index contributed by atoms with van der Waals surface area (Å²) in [5, 5.41) is 3.77. The number of hydrogen-bond donors (Lipinski definition) is 2. The van der Waals surface area contributed by atoms with E-state index in [0.29, 0.717) is 11.3 Å². The van der Waals surface area contributed by atoms with Crippen LogP contribution in [0.2, 0.25) is 0 Å². The SMILES string of the molecule is COc1cc(OC)c([C@H](NC(=O)OCc2ccccc2)[C@H](C)N(NC(=O)OCc2ccccc2)C(=O)OCc2ccccc2)c(OC)c1. The van der Waals surface area contributed by atoms with Crippen molar-refractivity contribution < 1.29 is 42.8 Å². The van der Waals surface area contributed by atoms with Crippen molar-refractivity contribution in [3.8, 4) is 17.2 Å². The zero-order valence-electron chi connectivity index (χ0n) is 27.2. The van der Waals surface area contributed by atoms with Crippen molar-refractivity contribution in [2.45, 2.75) is 38.8 Å². The van der Waals surface area contributed by atoms with Crippen LogP contribution >= 0.6 is 0 Å². The summed E-state index contributed by atoms with van der Waals surface area (Å²) in [4.78, 5) is 40.2. The zero-order valence-corrected chi connectivity index (χ0v) is 27.2. The van der Waals surface area contributed by atoms with Crippen LogP contribution in [0.4, 0.5) is 14.4 Å². The van der Waals surface area contributed by atoms with Crippen LogP contribution in [0.1, 0.15) is 35.2 Å². The number of hydrazine groups is 1. The molecule has 0 aliphatic carbocycles. The van der Waals surface area contributed by atoms with Gasteiger partial charge in [0.05, 0.1) is 39.0 Å². The van der Waals surface area contributed by atoms with Crippen molar-refractivity contribution in [2.24, 2.45) is 0 Å². The van der Waals surface area contributed by atoms with Gasteiger partial charge in [0.2, 0.25) is 0 Å². The largest absolute Gasteiger partial charge is 0.496 e. The summed E-state index contributed by atoms with van der Waals surface area (Å²) in [6, 6.07) is 28.3. The molecule has 0 aliphatic heterocycles. The maximum absolute atomic E-state index is 13.7. The van der Waals surface area contributed by atoms with Crippen LogP contribution < -0.4 is 25.0 Å². The van der Waals surface area contributed by atoms with Gasteiger partial charge in [0.15, 0.2) is 0 Å². The number of carbonyl (C=O) groups is 3. The average Bonchev–Trinajstić information content (AvgIpc) is 3.13. The van der Waals surface area contributed by atoms with E-state index in [1.165, 1.54) is 21.3 Å². The lowest BCUT2D eigenvalue weighted by Crippen LogP contribution is -2.55. The Labute approximate surface area is 279 Å². The smallest absolute Gasteiger partial charge is 0.429 e. The summed E-state index contributed by atoms with van der Waals surface area (Å²) in [6.45, 7) is 1.45. The lowest BCUT2D eigenvalue weighted by Gasteiger charge is -2.35. The van der Waals surface area contributed by atoms with Gasteiger partial charge in [-0.05, 0) is 23.6 Å². The molecule has 252 valence electrons. The Bertz CT molecular complexity index is 1600. The van der Waals surface area contributed by atoms with E-state index in [2.05, 4.69) is 10.7 Å². The van der Waals surface area contributed by atoms with Gasteiger partial charge in [0.25, 0.3) is 0 Å². The van der Waals surface area contributed by atoms with Crippen LogP contribution in [-0.4, -0.2) is 50.7 Å². The third-order valence-corrected chi connectivity index (χ3v) is 7.27. The fourth-order valence-corrected chi connectivity index (χ4v) is 4.77. The fraction of sp³-hybridized carbons (Fsp3) is 0.250. The number of ether oxygens (including phenoxy) is 6. The summed E-state index contributed by atoms with van der Waals surface area (Å²) < 4.78 is 33.3. The van der Waals surface area contributed by atoms with Crippen LogP contribution in [0.15, 0.2) is 103 Å². The first-order valence-electron chi connectivity index (χ1n) is 15.1. The van der Waals surface area contributed by atoms with Crippen LogP contribution in [-0.2, 0) is 34.0 Å². The molecule has 2 N–H and O–H groups in total. The van der Waals surface area contributed by atoms with Gasteiger partial charge in [0.1, 0.15) is 37.1 Å². The molecule has 3 amide bonds. The Kier molecular flexibility index (Phi) is 12.9. The van der Waals surface area contributed by atoms with Crippen molar-refractivity contribution in [3.05, 3.63) is 125 Å². The first-order valence-corrected chi connectivity index (χ1v) is 15.1. The third kappa shape index (κ3) is 9.79. The summed E-state index contributed by atoms with van der Waals surface area (Å²) >= 11 is 0. The molecule has 0 radical (unpaired) electrons. The summed E-state index contributed by atoms with van der Waals surface area (Å²) in [5.74, 6) is 0.971. The number of nitrogens with one attached hydrogen (secondary N) is 2. The van der Waals surface area contributed by atoms with Crippen molar-refractivity contribution in [1.29, 1.82) is 0 Å². The van der Waals surface area contributed by atoms with Gasteiger partial charge in [-0.25, -0.2) is 24.8 Å². The second kappa shape index (κ2) is 17.7. The first-order chi connectivity index (χ1) is 23.3. The lowest BCUT2D eigenvalue weighted by atomic mass is 9.97. The van der Waals surface area contributed by atoms with Crippen molar-refractivity contribution in [1.82, 2.24) is 15.8 Å². The van der Waals surface area contributed by atoms with Crippen LogP contribution in [0.25, 0.3) is 0 Å². The van der Waals surface area contributed by atoms with Crippen LogP contribution in [0.3, 0.4) is 0 Å². The first kappa shape index (κ1) is 35.0. The molecule has 0 fully saturated rings. The quantitative estimate of drug-likeness (QED) is 0.121. The third-order valence-electron chi connectivity index (χ3n) is 7.27. The molecule has 4 aromatic rings. The topological polar surface area (TPSA) is 134 Å². The molecule has 0 spiro atoms. The molecule has 12 nitrogen and oxygen atoms in total. The summed E-state index contributed by atoms with van der Waals surface area (Å²) in [5.41, 5.74) is 5.08. The Morgan fingerprint density at radius 2 is 1.06 bits per heavy atom. The minimum absolute atomic E-state index is 0.0163. The van der Waals surface area contributed by atoms with E-state index >= 15 is 0 Å². The van der Waals surface area contributed by atoms with Gasteiger partial charge >= 0.3 is 18.3 Å². The normalized spacial score (nSPS) is 11.7. The molecule has 4 aromatic carbocycles. The highest BCUT2D eigenvalue weighted by atomic mass is 16.6. The number of carbonyl (C=O) groups excluding carboxylic acids is 3. The van der Waals surface area contributed by atoms with E-state index in [-0.39, 0.29) is 31.3 Å². The summed E-state index contributed by atoms with van der Waals surface area (Å²) in [6.07, 6.45) is -2.65. The molecular formula is C36H39N3O9. The predicted octanol–water partition coefficient (Wildman–Crippen LogP) is 6.55. The Morgan fingerprint density at radius 1 is 0.625 bits per heavy atom. The highest BCUT2D eigenvalue weighted by molar-refractivity contribution is 5.75. The molecule has 0 unspecified atom stereocenters. The minimum Gasteiger partial charge on any atom is -0.496 e. The van der Waals surface area contributed by atoms with Crippen LogP contribution in [0.5, 0.6) is 17.2 Å². The standard InChI is InChI=1S/C36H39N3O9/c1-25(39(36(42)48-24-28-18-12-7-13-19-28)38-35(41)47-23-27-16-10-6-11-17-27)33(37-34(40)46-22-26-14-8-5-9-15-26)32-30(44-3)20-29(43-2)21-31(32)45-4/h5-21,25,33H,22-24H2,1-4H3,(H,37,40)(H,38,41)/t25-,33+/m0/s1.